The molecule has 0 aliphatic carbocycles. The SMILES string of the molecule is CC(C)C[C@]1(C/C=C/C(=O)OC(C)(C)C)C(=O)Oc2ccccc21. The van der Waals surface area contributed by atoms with E-state index in [9.17, 15) is 9.59 Å². The lowest BCUT2D eigenvalue weighted by molar-refractivity contribution is -0.148. The highest BCUT2D eigenvalue weighted by Crippen LogP contribution is 2.46. The molecule has 0 spiro atoms. The van der Waals surface area contributed by atoms with Crippen molar-refractivity contribution in [3.63, 3.8) is 0 Å². The van der Waals surface area contributed by atoms with Gasteiger partial charge >= 0.3 is 11.9 Å². The van der Waals surface area contributed by atoms with Gasteiger partial charge in [-0.2, -0.15) is 0 Å². The van der Waals surface area contributed by atoms with Crippen LogP contribution >= 0.6 is 0 Å². The molecule has 0 amide bonds. The number of carbonyl (C=O) groups is 2. The van der Waals surface area contributed by atoms with Crippen LogP contribution < -0.4 is 4.74 Å². The van der Waals surface area contributed by atoms with Crippen LogP contribution in [0, 0.1) is 5.92 Å². The zero-order valence-corrected chi connectivity index (χ0v) is 15.1. The Kier molecular flexibility index (Phi) is 5.16. The molecule has 1 aromatic carbocycles. The van der Waals surface area contributed by atoms with Crippen molar-refractivity contribution in [3.05, 3.63) is 42.0 Å². The fourth-order valence-corrected chi connectivity index (χ4v) is 3.12. The number of ether oxygens (including phenoxy) is 2. The van der Waals surface area contributed by atoms with Crippen LogP contribution in [-0.2, 0) is 19.7 Å². The molecule has 0 bridgehead atoms. The number of para-hydroxylation sites is 1. The third-order valence-corrected chi connectivity index (χ3v) is 3.88. The van der Waals surface area contributed by atoms with Gasteiger partial charge in [-0.3, -0.25) is 4.79 Å². The predicted molar refractivity (Wildman–Crippen MR) is 92.8 cm³/mol. The van der Waals surface area contributed by atoms with Gasteiger partial charge < -0.3 is 9.47 Å². The molecule has 4 heteroatoms. The first-order chi connectivity index (χ1) is 11.1. The van der Waals surface area contributed by atoms with E-state index in [0.29, 0.717) is 24.5 Å². The molecule has 1 aliphatic heterocycles. The molecule has 1 aromatic rings. The third kappa shape index (κ3) is 4.05. The van der Waals surface area contributed by atoms with Crippen molar-refractivity contribution in [1.82, 2.24) is 0 Å². The number of esters is 2. The van der Waals surface area contributed by atoms with Crippen molar-refractivity contribution in [1.29, 1.82) is 0 Å². The molecule has 2 rings (SSSR count). The number of allylic oxidation sites excluding steroid dienone is 1. The monoisotopic (exact) mass is 330 g/mol. The first-order valence-corrected chi connectivity index (χ1v) is 8.35. The second kappa shape index (κ2) is 6.80. The second-order valence-electron chi connectivity index (χ2n) is 7.71. The lowest BCUT2D eigenvalue weighted by Crippen LogP contribution is -2.35. The van der Waals surface area contributed by atoms with E-state index in [1.807, 2.05) is 45.0 Å². The van der Waals surface area contributed by atoms with Gasteiger partial charge in [0.15, 0.2) is 0 Å². The maximum Gasteiger partial charge on any atom is 0.330 e. The van der Waals surface area contributed by atoms with Crippen molar-refractivity contribution in [2.24, 2.45) is 5.92 Å². The quantitative estimate of drug-likeness (QED) is 0.462. The smallest absolute Gasteiger partial charge is 0.330 e. The average molecular weight is 330 g/mol. The summed E-state index contributed by atoms with van der Waals surface area (Å²) in [6.07, 6.45) is 4.21. The molecular formula is C20H26O4. The Morgan fingerprint density at radius 1 is 1.29 bits per heavy atom. The van der Waals surface area contributed by atoms with Crippen LogP contribution in [-0.4, -0.2) is 17.5 Å². The summed E-state index contributed by atoms with van der Waals surface area (Å²) in [5.41, 5.74) is -0.364. The minimum Gasteiger partial charge on any atom is -0.457 e. The van der Waals surface area contributed by atoms with E-state index < -0.39 is 17.0 Å². The average Bonchev–Trinajstić information content (AvgIpc) is 2.69. The minimum absolute atomic E-state index is 0.244. The minimum atomic E-state index is -0.733. The molecule has 0 fully saturated rings. The Hall–Kier alpha value is -2.10. The van der Waals surface area contributed by atoms with E-state index in [2.05, 4.69) is 13.8 Å². The first-order valence-electron chi connectivity index (χ1n) is 8.35. The summed E-state index contributed by atoms with van der Waals surface area (Å²) >= 11 is 0. The molecule has 130 valence electrons. The van der Waals surface area contributed by atoms with Crippen LogP contribution in [0.2, 0.25) is 0 Å². The standard InChI is InChI=1S/C20H26O4/c1-14(2)13-20(12-8-11-17(21)24-19(3,4)5)15-9-6-7-10-16(15)23-18(20)22/h6-11,14H,12-13H2,1-5H3/b11-8+/t20-/m0/s1. The molecular weight excluding hydrogens is 304 g/mol. The van der Waals surface area contributed by atoms with E-state index in [0.717, 1.165) is 5.56 Å². The Morgan fingerprint density at radius 3 is 2.58 bits per heavy atom. The summed E-state index contributed by atoms with van der Waals surface area (Å²) in [6.45, 7) is 9.62. The van der Waals surface area contributed by atoms with E-state index >= 15 is 0 Å². The van der Waals surface area contributed by atoms with Gasteiger partial charge in [-0.1, -0.05) is 38.1 Å². The lowest BCUT2D eigenvalue weighted by Gasteiger charge is -2.26. The van der Waals surface area contributed by atoms with Crippen LogP contribution in [0.3, 0.4) is 0 Å². The summed E-state index contributed by atoms with van der Waals surface area (Å²) in [5.74, 6) is 0.292. The highest BCUT2D eigenvalue weighted by atomic mass is 16.6. The highest BCUT2D eigenvalue weighted by molar-refractivity contribution is 5.91. The predicted octanol–water partition coefficient (Wildman–Crippen LogP) is 4.18. The maximum absolute atomic E-state index is 12.6. The number of carbonyl (C=O) groups excluding carboxylic acids is 2. The molecule has 24 heavy (non-hydrogen) atoms. The van der Waals surface area contributed by atoms with Gasteiger partial charge in [0.25, 0.3) is 0 Å². The van der Waals surface area contributed by atoms with Crippen molar-refractivity contribution >= 4 is 11.9 Å². The third-order valence-electron chi connectivity index (χ3n) is 3.88. The van der Waals surface area contributed by atoms with Crippen LogP contribution in [0.1, 0.15) is 53.0 Å². The largest absolute Gasteiger partial charge is 0.457 e. The van der Waals surface area contributed by atoms with Crippen LogP contribution in [0.15, 0.2) is 36.4 Å². The Balaban J connectivity index is 2.24. The molecule has 0 saturated heterocycles. The van der Waals surface area contributed by atoms with Crippen LogP contribution in [0.5, 0.6) is 5.75 Å². The molecule has 4 nitrogen and oxygen atoms in total. The molecule has 1 aliphatic rings. The zero-order chi connectivity index (χ0) is 18.0. The van der Waals surface area contributed by atoms with E-state index in [1.54, 1.807) is 6.08 Å². The van der Waals surface area contributed by atoms with Crippen molar-refractivity contribution < 1.29 is 19.1 Å². The van der Waals surface area contributed by atoms with Gasteiger partial charge in [0.1, 0.15) is 16.8 Å². The number of hydrogen-bond acceptors (Lipinski definition) is 4. The van der Waals surface area contributed by atoms with E-state index in [4.69, 9.17) is 9.47 Å². The summed E-state index contributed by atoms with van der Waals surface area (Å²) < 4.78 is 10.7. The second-order valence-corrected chi connectivity index (χ2v) is 7.71. The van der Waals surface area contributed by atoms with Gasteiger partial charge in [-0.25, -0.2) is 4.79 Å². The van der Waals surface area contributed by atoms with Gasteiger partial charge in [-0.15, -0.1) is 0 Å². The zero-order valence-electron chi connectivity index (χ0n) is 15.1. The van der Waals surface area contributed by atoms with Crippen LogP contribution in [0.4, 0.5) is 0 Å². The molecule has 1 heterocycles. The highest BCUT2D eigenvalue weighted by Gasteiger charge is 2.48. The van der Waals surface area contributed by atoms with E-state index in [-0.39, 0.29) is 5.97 Å². The van der Waals surface area contributed by atoms with Crippen molar-refractivity contribution in [2.45, 2.75) is 58.5 Å². The summed E-state index contributed by atoms with van der Waals surface area (Å²) in [4.78, 5) is 24.5. The Morgan fingerprint density at radius 2 is 1.96 bits per heavy atom. The first kappa shape index (κ1) is 18.2. The number of fused-ring (bicyclic) bond motifs is 1. The van der Waals surface area contributed by atoms with Gasteiger partial charge in [0.2, 0.25) is 0 Å². The Labute approximate surface area is 143 Å². The molecule has 0 unspecified atom stereocenters. The summed E-state index contributed by atoms with van der Waals surface area (Å²) in [5, 5.41) is 0. The van der Waals surface area contributed by atoms with Crippen LogP contribution in [0.25, 0.3) is 0 Å². The molecule has 0 radical (unpaired) electrons. The summed E-state index contributed by atoms with van der Waals surface area (Å²) in [6, 6.07) is 7.51. The summed E-state index contributed by atoms with van der Waals surface area (Å²) in [7, 11) is 0. The van der Waals surface area contributed by atoms with E-state index in [1.165, 1.54) is 6.08 Å². The topological polar surface area (TPSA) is 52.6 Å². The Bertz CT molecular complexity index is 652. The number of benzene rings is 1. The van der Waals surface area contributed by atoms with Gasteiger partial charge in [0.05, 0.1) is 0 Å². The van der Waals surface area contributed by atoms with Crippen molar-refractivity contribution in [3.8, 4) is 5.75 Å². The van der Waals surface area contributed by atoms with Crippen molar-refractivity contribution in [2.75, 3.05) is 0 Å². The molecule has 0 aromatic heterocycles. The van der Waals surface area contributed by atoms with Gasteiger partial charge in [0, 0.05) is 11.6 Å². The molecule has 0 saturated carbocycles. The normalized spacial score (nSPS) is 20.3. The lowest BCUT2D eigenvalue weighted by atomic mass is 9.73. The fourth-order valence-electron chi connectivity index (χ4n) is 3.12. The fraction of sp³-hybridized carbons (Fsp3) is 0.500. The molecule has 0 N–H and O–H groups in total. The van der Waals surface area contributed by atoms with Gasteiger partial charge in [-0.05, 0) is 45.6 Å². The number of rotatable bonds is 5. The maximum atomic E-state index is 12.6. The molecule has 1 atom stereocenters. The number of hydrogen-bond donors (Lipinski definition) is 0.